The summed E-state index contributed by atoms with van der Waals surface area (Å²) in [5.41, 5.74) is 4.93. The van der Waals surface area contributed by atoms with E-state index in [4.69, 9.17) is 4.74 Å². The number of aliphatic carboxylic acids is 1. The van der Waals surface area contributed by atoms with Crippen LogP contribution in [-0.2, 0) is 16.1 Å². The molecule has 2 fully saturated rings. The number of nitrogens with zero attached hydrogens (tertiary/aromatic N) is 1. The summed E-state index contributed by atoms with van der Waals surface area (Å²) in [5, 5.41) is 12.8. The number of thiazole rings is 1. The number of nitrogens with one attached hydrogen (secondary N) is 1. The minimum Gasteiger partial charge on any atom is -0.479 e. The second kappa shape index (κ2) is 13.5. The smallest absolute Gasteiger partial charge is 0.329 e. The number of ether oxygens (including phenoxy) is 1. The molecule has 0 radical (unpaired) electrons. The molecule has 2 saturated carbocycles. The van der Waals surface area contributed by atoms with Crippen LogP contribution in [0, 0.1) is 18.8 Å². The maximum atomic E-state index is 13.6. The van der Waals surface area contributed by atoms with Crippen molar-refractivity contribution in [2.75, 3.05) is 12.0 Å². The highest BCUT2D eigenvalue weighted by Crippen LogP contribution is 2.46. The number of hydrogen-bond donors (Lipinski definition) is 2. The third-order valence-corrected chi connectivity index (χ3v) is 10.3. The van der Waals surface area contributed by atoms with Gasteiger partial charge in [0, 0.05) is 17.7 Å². The summed E-state index contributed by atoms with van der Waals surface area (Å²) in [4.78, 5) is 31.2. The quantitative estimate of drug-likeness (QED) is 0.212. The van der Waals surface area contributed by atoms with Gasteiger partial charge in [-0.2, -0.15) is 11.8 Å². The van der Waals surface area contributed by atoms with Crippen molar-refractivity contribution in [2.45, 2.75) is 76.5 Å². The van der Waals surface area contributed by atoms with Crippen LogP contribution in [0.1, 0.15) is 83.8 Å². The van der Waals surface area contributed by atoms with Crippen molar-refractivity contribution in [1.29, 1.82) is 0 Å². The molecule has 3 atom stereocenters. The van der Waals surface area contributed by atoms with Gasteiger partial charge in [-0.1, -0.05) is 62.4 Å². The second-order valence-corrected chi connectivity index (χ2v) is 13.4. The Morgan fingerprint density at radius 3 is 2.68 bits per heavy atom. The molecule has 1 amide bonds. The van der Waals surface area contributed by atoms with Gasteiger partial charge in [0.25, 0.3) is 5.91 Å². The van der Waals surface area contributed by atoms with Crippen LogP contribution in [0.25, 0.3) is 11.1 Å². The van der Waals surface area contributed by atoms with Gasteiger partial charge in [-0.25, -0.2) is 4.79 Å². The number of amides is 1. The lowest BCUT2D eigenvalue weighted by Gasteiger charge is -2.24. The summed E-state index contributed by atoms with van der Waals surface area (Å²) in [7, 11) is 0. The van der Waals surface area contributed by atoms with Crippen LogP contribution in [0.5, 0.6) is 0 Å². The molecule has 41 heavy (non-hydrogen) atoms. The fourth-order valence-corrected chi connectivity index (χ4v) is 7.71. The Labute approximate surface area is 251 Å². The molecule has 3 unspecified atom stereocenters. The standard InChI is InChI=1S/C33H40N2O4S2/c1-22-8-6-7-11-26(22)28-16-24(12-14-27(28)31(36)35-33(32(37)38)17-25(33)20-40-2)19-39-29(30-18-34-21-41-30)15-13-23-9-4-3-5-10-23/h6-8,11-12,14,16,18,21,23,25,29H,3-5,9-10,13,15,17,19-20H2,1-2H3,(H,35,36)(H,37,38). The molecule has 2 aliphatic carbocycles. The van der Waals surface area contributed by atoms with Crippen LogP contribution in [0.4, 0.5) is 0 Å². The molecule has 5 rings (SSSR count). The Balaban J connectivity index is 1.36. The maximum absolute atomic E-state index is 13.6. The number of carboxylic acid groups (broad SMARTS) is 1. The molecule has 0 saturated heterocycles. The largest absolute Gasteiger partial charge is 0.479 e. The molecule has 1 heterocycles. The van der Waals surface area contributed by atoms with Crippen LogP contribution in [-0.4, -0.2) is 39.5 Å². The predicted octanol–water partition coefficient (Wildman–Crippen LogP) is 7.67. The van der Waals surface area contributed by atoms with Crippen LogP contribution in [0.15, 0.2) is 54.2 Å². The van der Waals surface area contributed by atoms with Crippen LogP contribution in [0.2, 0.25) is 0 Å². The van der Waals surface area contributed by atoms with Crippen molar-refractivity contribution in [3.8, 4) is 11.1 Å². The number of carbonyl (C=O) groups excluding carboxylic acids is 1. The molecule has 8 heteroatoms. The molecule has 2 N–H and O–H groups in total. The normalized spacial score (nSPS) is 21.4. The van der Waals surface area contributed by atoms with E-state index in [0.717, 1.165) is 39.5 Å². The molecule has 2 aromatic carbocycles. The number of carbonyl (C=O) groups is 2. The summed E-state index contributed by atoms with van der Waals surface area (Å²) >= 11 is 3.24. The SMILES string of the molecule is CSCC1CC1(NC(=O)c1ccc(COC(CCC2CCCCC2)c2cncs2)cc1-c1ccccc1C)C(=O)O. The number of rotatable bonds is 13. The lowest BCUT2D eigenvalue weighted by molar-refractivity contribution is -0.140. The summed E-state index contributed by atoms with van der Waals surface area (Å²) in [6, 6.07) is 13.8. The van der Waals surface area contributed by atoms with E-state index in [0.29, 0.717) is 24.3 Å². The van der Waals surface area contributed by atoms with E-state index < -0.39 is 11.5 Å². The summed E-state index contributed by atoms with van der Waals surface area (Å²) in [5.74, 6) is 0.108. The molecule has 1 aromatic heterocycles. The fraction of sp³-hybridized carbons (Fsp3) is 0.485. The van der Waals surface area contributed by atoms with E-state index in [2.05, 4.69) is 10.3 Å². The summed E-state index contributed by atoms with van der Waals surface area (Å²) < 4.78 is 6.54. The number of aryl methyl sites for hydroxylation is 1. The molecule has 218 valence electrons. The van der Waals surface area contributed by atoms with Gasteiger partial charge >= 0.3 is 5.97 Å². The Bertz CT molecular complexity index is 1340. The monoisotopic (exact) mass is 592 g/mol. The van der Waals surface area contributed by atoms with Gasteiger partial charge in [0.05, 0.1) is 23.1 Å². The second-order valence-electron chi connectivity index (χ2n) is 11.6. The number of aromatic nitrogens is 1. The van der Waals surface area contributed by atoms with E-state index in [9.17, 15) is 14.7 Å². The Hall–Kier alpha value is -2.68. The highest BCUT2D eigenvalue weighted by Gasteiger charge is 2.61. The zero-order chi connectivity index (χ0) is 28.8. The zero-order valence-electron chi connectivity index (χ0n) is 23.9. The molecule has 0 bridgehead atoms. The van der Waals surface area contributed by atoms with Gasteiger partial charge in [0.15, 0.2) is 0 Å². The van der Waals surface area contributed by atoms with Crippen molar-refractivity contribution in [2.24, 2.45) is 11.8 Å². The average molecular weight is 593 g/mol. The summed E-state index contributed by atoms with van der Waals surface area (Å²) in [6.07, 6.45) is 13.1. The van der Waals surface area contributed by atoms with E-state index in [1.165, 1.54) is 38.5 Å². The number of thioether (sulfide) groups is 1. The Kier molecular flexibility index (Phi) is 9.83. The first kappa shape index (κ1) is 29.8. The molecule has 6 nitrogen and oxygen atoms in total. The number of benzene rings is 2. The highest BCUT2D eigenvalue weighted by atomic mass is 32.2. The molecule has 0 aliphatic heterocycles. The topological polar surface area (TPSA) is 88.5 Å². The third-order valence-electron chi connectivity index (χ3n) is 8.74. The number of carboxylic acids is 1. The Morgan fingerprint density at radius 1 is 1.17 bits per heavy atom. The first-order valence-electron chi connectivity index (χ1n) is 14.6. The first-order valence-corrected chi connectivity index (χ1v) is 16.9. The fourth-order valence-electron chi connectivity index (χ4n) is 6.20. The lowest BCUT2D eigenvalue weighted by atomic mass is 9.85. The molecule has 2 aliphatic rings. The van der Waals surface area contributed by atoms with Crippen LogP contribution >= 0.6 is 23.1 Å². The van der Waals surface area contributed by atoms with Crippen molar-refractivity contribution in [3.63, 3.8) is 0 Å². The summed E-state index contributed by atoms with van der Waals surface area (Å²) in [6.45, 7) is 2.45. The van der Waals surface area contributed by atoms with Crippen LogP contribution in [0.3, 0.4) is 0 Å². The van der Waals surface area contributed by atoms with E-state index in [1.807, 2.05) is 67.4 Å². The molecule has 3 aromatic rings. The first-order chi connectivity index (χ1) is 19.9. The van der Waals surface area contributed by atoms with Crippen molar-refractivity contribution in [1.82, 2.24) is 10.3 Å². The zero-order valence-corrected chi connectivity index (χ0v) is 25.6. The molecule has 0 spiro atoms. The van der Waals surface area contributed by atoms with Gasteiger partial charge in [-0.15, -0.1) is 11.3 Å². The average Bonchev–Trinajstić information content (AvgIpc) is 3.39. The minimum atomic E-state index is -1.19. The van der Waals surface area contributed by atoms with Crippen molar-refractivity contribution in [3.05, 3.63) is 75.7 Å². The number of hydrogen-bond acceptors (Lipinski definition) is 6. The Morgan fingerprint density at radius 2 is 1.98 bits per heavy atom. The van der Waals surface area contributed by atoms with Gasteiger partial charge in [0.2, 0.25) is 0 Å². The molecular formula is C33H40N2O4S2. The van der Waals surface area contributed by atoms with Crippen LogP contribution < -0.4 is 5.32 Å². The van der Waals surface area contributed by atoms with Crippen molar-refractivity contribution >= 4 is 35.0 Å². The lowest BCUT2D eigenvalue weighted by Crippen LogP contribution is -2.45. The van der Waals surface area contributed by atoms with Crippen molar-refractivity contribution < 1.29 is 19.4 Å². The van der Waals surface area contributed by atoms with E-state index in [1.54, 1.807) is 23.1 Å². The van der Waals surface area contributed by atoms with E-state index in [-0.39, 0.29) is 17.9 Å². The maximum Gasteiger partial charge on any atom is 0.329 e. The van der Waals surface area contributed by atoms with Gasteiger partial charge in [-0.3, -0.25) is 9.78 Å². The van der Waals surface area contributed by atoms with E-state index >= 15 is 0 Å². The molecular weight excluding hydrogens is 553 g/mol. The van der Waals surface area contributed by atoms with Gasteiger partial charge in [0.1, 0.15) is 5.54 Å². The minimum absolute atomic E-state index is 0.00651. The predicted molar refractivity (Wildman–Crippen MR) is 166 cm³/mol. The van der Waals surface area contributed by atoms with Gasteiger partial charge in [-0.05, 0) is 78.5 Å². The third kappa shape index (κ3) is 7.04. The highest BCUT2D eigenvalue weighted by molar-refractivity contribution is 7.98. The van der Waals surface area contributed by atoms with Gasteiger partial charge < -0.3 is 15.2 Å².